The lowest BCUT2D eigenvalue weighted by atomic mass is 10.7. The van der Waals surface area contributed by atoms with Gasteiger partial charge in [-0.15, -0.1) is 0 Å². The van der Waals surface area contributed by atoms with Gasteiger partial charge in [0, 0.05) is 6.54 Å². The molecule has 0 aromatic carbocycles. The monoisotopic (exact) mass is 258 g/mol. The van der Waals surface area contributed by atoms with Crippen molar-refractivity contribution >= 4 is 35.1 Å². The molecule has 0 aromatic rings. The molecule has 0 saturated carbocycles. The summed E-state index contributed by atoms with van der Waals surface area (Å²) in [6.07, 6.45) is -1.01. The van der Waals surface area contributed by atoms with Crippen LogP contribution in [0.1, 0.15) is 0 Å². The van der Waals surface area contributed by atoms with E-state index in [1.54, 1.807) is 0 Å². The molecule has 0 heterocycles. The molecule has 8 nitrogen and oxygen atoms in total. The molecule has 88 valence electrons. The lowest BCUT2D eigenvalue weighted by Gasteiger charge is -2.12. The minimum absolute atomic E-state index is 0.323. The van der Waals surface area contributed by atoms with Crippen molar-refractivity contribution < 1.29 is 27.3 Å². The van der Waals surface area contributed by atoms with Gasteiger partial charge < -0.3 is 10.1 Å². The molecule has 0 aliphatic heterocycles. The van der Waals surface area contributed by atoms with Crippen LogP contribution in [0.4, 0.5) is 9.59 Å². The molecule has 0 unspecified atom stereocenters. The normalized spacial score (nSPS) is 10.6. The number of urea groups is 1. The van der Waals surface area contributed by atoms with Crippen molar-refractivity contribution in [3.8, 4) is 0 Å². The predicted molar refractivity (Wildman–Crippen MR) is 53.0 cm³/mol. The fourth-order valence-electron chi connectivity index (χ4n) is 0.531. The Kier molecular flexibility index (Phi) is 5.39. The van der Waals surface area contributed by atoms with E-state index in [9.17, 15) is 18.0 Å². The Morgan fingerprint density at radius 2 is 2.07 bits per heavy atom. The Morgan fingerprint density at radius 1 is 1.53 bits per heavy atom. The summed E-state index contributed by atoms with van der Waals surface area (Å²) in [4.78, 5) is 21.7. The molecule has 3 amide bonds. The third kappa shape index (κ3) is 6.14. The summed E-state index contributed by atoms with van der Waals surface area (Å²) in [5.74, 6) is -0.651. The van der Waals surface area contributed by atoms with Gasteiger partial charge in [0.05, 0.1) is 12.9 Å². The summed E-state index contributed by atoms with van der Waals surface area (Å²) >= 11 is 3.48. The van der Waals surface area contributed by atoms with Crippen LogP contribution >= 0.6 is 12.8 Å². The SMILES string of the molecule is COC(=O)N(S)C(=O)NCCS(=O)(=O)O. The molecular formula is C5H10N2O6S2. The summed E-state index contributed by atoms with van der Waals surface area (Å²) in [6, 6.07) is -0.950. The number of methoxy groups -OCH3 is 1. The Labute approximate surface area is 91.9 Å². The van der Waals surface area contributed by atoms with E-state index in [4.69, 9.17) is 4.55 Å². The van der Waals surface area contributed by atoms with E-state index < -0.39 is 28.0 Å². The number of ether oxygens (including phenoxy) is 1. The van der Waals surface area contributed by atoms with Crippen LogP contribution in [0.25, 0.3) is 0 Å². The van der Waals surface area contributed by atoms with Crippen molar-refractivity contribution in [3.63, 3.8) is 0 Å². The van der Waals surface area contributed by atoms with Gasteiger partial charge in [0.25, 0.3) is 10.1 Å². The molecule has 10 heteroatoms. The van der Waals surface area contributed by atoms with Crippen LogP contribution < -0.4 is 5.32 Å². The van der Waals surface area contributed by atoms with Gasteiger partial charge in [-0.05, 0) is 0 Å². The smallest absolute Gasteiger partial charge is 0.427 e. The van der Waals surface area contributed by atoms with Crippen LogP contribution in [-0.4, -0.2) is 48.8 Å². The van der Waals surface area contributed by atoms with Gasteiger partial charge in [-0.25, -0.2) is 9.59 Å². The van der Waals surface area contributed by atoms with Crippen LogP contribution in [0.2, 0.25) is 0 Å². The summed E-state index contributed by atoms with van der Waals surface area (Å²) < 4.78 is 33.3. The van der Waals surface area contributed by atoms with Crippen molar-refractivity contribution in [1.29, 1.82) is 0 Å². The predicted octanol–water partition coefficient (Wildman–Crippen LogP) is -0.503. The van der Waals surface area contributed by atoms with Crippen molar-refractivity contribution in [3.05, 3.63) is 0 Å². The van der Waals surface area contributed by atoms with E-state index in [-0.39, 0.29) is 6.54 Å². The summed E-state index contributed by atoms with van der Waals surface area (Å²) in [5.41, 5.74) is 0. The highest BCUT2D eigenvalue weighted by Crippen LogP contribution is 1.97. The number of amides is 3. The second-order valence-electron chi connectivity index (χ2n) is 2.30. The van der Waals surface area contributed by atoms with E-state index >= 15 is 0 Å². The van der Waals surface area contributed by atoms with Crippen LogP contribution in [0, 0.1) is 0 Å². The van der Waals surface area contributed by atoms with Crippen LogP contribution in [0.5, 0.6) is 0 Å². The summed E-state index contributed by atoms with van der Waals surface area (Å²) in [5, 5.41) is 2.02. The first kappa shape index (κ1) is 14.0. The van der Waals surface area contributed by atoms with Crippen LogP contribution in [0.15, 0.2) is 0 Å². The molecule has 0 atom stereocenters. The molecule has 15 heavy (non-hydrogen) atoms. The topological polar surface area (TPSA) is 113 Å². The number of carbonyl (C=O) groups is 2. The zero-order valence-electron chi connectivity index (χ0n) is 7.71. The van der Waals surface area contributed by atoms with Crippen molar-refractivity contribution in [1.82, 2.24) is 9.62 Å². The zero-order chi connectivity index (χ0) is 12.1. The first-order chi connectivity index (χ1) is 6.78. The number of hydrogen-bond acceptors (Lipinski definition) is 6. The highest BCUT2D eigenvalue weighted by atomic mass is 32.2. The Balaban J connectivity index is 4.00. The Morgan fingerprint density at radius 3 is 2.47 bits per heavy atom. The highest BCUT2D eigenvalue weighted by Gasteiger charge is 2.18. The number of nitrogens with one attached hydrogen (secondary N) is 1. The molecule has 0 aliphatic rings. The number of rotatable bonds is 3. The maximum atomic E-state index is 11.0. The van der Waals surface area contributed by atoms with Gasteiger partial charge in [-0.3, -0.25) is 4.55 Å². The number of imide groups is 1. The van der Waals surface area contributed by atoms with Gasteiger partial charge in [-0.1, -0.05) is 12.8 Å². The van der Waals surface area contributed by atoms with Crippen molar-refractivity contribution in [2.24, 2.45) is 0 Å². The second kappa shape index (κ2) is 5.78. The number of nitrogens with zero attached hydrogens (tertiary/aromatic N) is 1. The van der Waals surface area contributed by atoms with Gasteiger partial charge in [0.1, 0.15) is 0 Å². The first-order valence-corrected chi connectivity index (χ1v) is 5.59. The summed E-state index contributed by atoms with van der Waals surface area (Å²) in [6.45, 7) is -0.342. The number of thiol groups is 1. The van der Waals surface area contributed by atoms with E-state index in [2.05, 4.69) is 17.6 Å². The first-order valence-electron chi connectivity index (χ1n) is 3.58. The second-order valence-corrected chi connectivity index (χ2v) is 4.27. The average Bonchev–Trinajstić information content (AvgIpc) is 2.13. The number of hydrogen-bond donors (Lipinski definition) is 3. The van der Waals surface area contributed by atoms with Crippen molar-refractivity contribution in [2.45, 2.75) is 0 Å². The van der Waals surface area contributed by atoms with E-state index in [0.717, 1.165) is 7.11 Å². The Bertz CT molecular complexity index is 339. The zero-order valence-corrected chi connectivity index (χ0v) is 9.42. The lowest BCUT2D eigenvalue weighted by Crippen LogP contribution is -2.39. The quantitative estimate of drug-likeness (QED) is 0.464. The fraction of sp³-hybridized carbons (Fsp3) is 0.600. The molecule has 0 rings (SSSR count). The van der Waals surface area contributed by atoms with Gasteiger partial charge in [-0.2, -0.15) is 12.7 Å². The molecule has 0 saturated heterocycles. The molecule has 0 radical (unpaired) electrons. The number of carbonyl (C=O) groups excluding carboxylic acids is 2. The third-order valence-corrected chi connectivity index (χ3v) is 2.24. The van der Waals surface area contributed by atoms with Crippen molar-refractivity contribution in [2.75, 3.05) is 19.4 Å². The van der Waals surface area contributed by atoms with E-state index in [0.29, 0.717) is 4.31 Å². The molecule has 0 spiro atoms. The molecule has 0 bridgehead atoms. The average molecular weight is 258 g/mol. The highest BCUT2D eigenvalue weighted by molar-refractivity contribution is 7.85. The minimum atomic E-state index is -4.15. The molecule has 0 aromatic heterocycles. The standard InChI is InChI=1S/C5H10N2O6S2/c1-13-5(9)7(14)4(8)6-2-3-15(10,11)12/h14H,2-3H2,1H3,(H,6,8)(H,10,11,12). The summed E-state index contributed by atoms with van der Waals surface area (Å²) in [7, 11) is -3.09. The van der Waals surface area contributed by atoms with Gasteiger partial charge >= 0.3 is 12.1 Å². The lowest BCUT2D eigenvalue weighted by molar-refractivity contribution is 0.153. The van der Waals surface area contributed by atoms with E-state index in [1.807, 2.05) is 5.32 Å². The molecule has 0 aliphatic carbocycles. The molecular weight excluding hydrogens is 248 g/mol. The van der Waals surface area contributed by atoms with Gasteiger partial charge in [0.2, 0.25) is 0 Å². The van der Waals surface area contributed by atoms with Crippen LogP contribution in [0.3, 0.4) is 0 Å². The third-order valence-electron chi connectivity index (χ3n) is 1.18. The van der Waals surface area contributed by atoms with Gasteiger partial charge in [0.15, 0.2) is 0 Å². The minimum Gasteiger partial charge on any atom is -0.452 e. The fourth-order valence-corrected chi connectivity index (χ4v) is 1.04. The maximum Gasteiger partial charge on any atom is 0.427 e. The van der Waals surface area contributed by atoms with Crippen LogP contribution in [-0.2, 0) is 14.9 Å². The Hall–Kier alpha value is -1.00. The molecule has 0 fully saturated rings. The molecule has 2 N–H and O–H groups in total. The van der Waals surface area contributed by atoms with E-state index in [1.165, 1.54) is 0 Å². The maximum absolute atomic E-state index is 11.0. The largest absolute Gasteiger partial charge is 0.452 e.